The number of nitrogens with zero attached hydrogens (tertiary/aromatic N) is 3. The van der Waals surface area contributed by atoms with Crippen LogP contribution in [0.15, 0.2) is 29.8 Å². The molecule has 1 N–H and O–H groups in total. The molecule has 1 aromatic heterocycles. The van der Waals surface area contributed by atoms with E-state index in [4.69, 9.17) is 0 Å². The van der Waals surface area contributed by atoms with Crippen LogP contribution >= 0.6 is 11.3 Å². The van der Waals surface area contributed by atoms with E-state index in [1.165, 1.54) is 6.07 Å². The predicted octanol–water partition coefficient (Wildman–Crippen LogP) is 2.66. The van der Waals surface area contributed by atoms with Crippen LogP contribution < -0.4 is 9.80 Å². The summed E-state index contributed by atoms with van der Waals surface area (Å²) in [4.78, 5) is 8.70. The molecule has 1 saturated heterocycles. The molecule has 3 rings (SSSR count). The van der Waals surface area contributed by atoms with E-state index in [1.807, 2.05) is 17.6 Å². The van der Waals surface area contributed by atoms with Crippen molar-refractivity contribution in [3.63, 3.8) is 0 Å². The van der Waals surface area contributed by atoms with Gasteiger partial charge in [0, 0.05) is 49.0 Å². The van der Waals surface area contributed by atoms with E-state index in [9.17, 15) is 9.50 Å². The maximum Gasteiger partial charge on any atom is 0.185 e. The summed E-state index contributed by atoms with van der Waals surface area (Å²) in [7, 11) is 0. The summed E-state index contributed by atoms with van der Waals surface area (Å²) < 4.78 is 14.0. The van der Waals surface area contributed by atoms with Crippen LogP contribution in [0.3, 0.4) is 0 Å². The minimum Gasteiger partial charge on any atom is -0.389 e. The highest BCUT2D eigenvalue weighted by atomic mass is 32.1. The van der Waals surface area contributed by atoms with Crippen molar-refractivity contribution < 1.29 is 9.50 Å². The Hall–Kier alpha value is -1.66. The van der Waals surface area contributed by atoms with Crippen LogP contribution in [0.25, 0.3) is 0 Å². The third-order valence-electron chi connectivity index (χ3n) is 3.76. The standard InChI is InChI=1S/C15H18FN3OS/c1-11(20)14-12(16)3-2-4-13(14)18-6-8-19(9-7-18)15-17-5-10-21-15/h2-5,10-11,20H,6-9H2,1H3/t11-/m1/s1. The molecule has 0 aliphatic carbocycles. The number of anilines is 2. The maximum atomic E-state index is 14.0. The van der Waals surface area contributed by atoms with Crippen molar-refractivity contribution in [2.24, 2.45) is 0 Å². The van der Waals surface area contributed by atoms with Crippen molar-refractivity contribution in [3.05, 3.63) is 41.2 Å². The molecule has 0 amide bonds. The average molecular weight is 307 g/mol. The van der Waals surface area contributed by atoms with E-state index in [2.05, 4.69) is 14.8 Å². The number of piperazine rings is 1. The van der Waals surface area contributed by atoms with Crippen LogP contribution in [-0.4, -0.2) is 36.3 Å². The molecule has 2 heterocycles. The van der Waals surface area contributed by atoms with Crippen LogP contribution in [0.4, 0.5) is 15.2 Å². The fraction of sp³-hybridized carbons (Fsp3) is 0.400. The Morgan fingerprint density at radius 2 is 1.95 bits per heavy atom. The topological polar surface area (TPSA) is 39.6 Å². The normalized spacial score (nSPS) is 17.1. The Bertz CT molecular complexity index is 595. The Labute approximate surface area is 127 Å². The van der Waals surface area contributed by atoms with Crippen LogP contribution in [0, 0.1) is 5.82 Å². The number of thiazole rings is 1. The molecular weight excluding hydrogens is 289 g/mol. The molecule has 112 valence electrons. The smallest absolute Gasteiger partial charge is 0.185 e. The monoisotopic (exact) mass is 307 g/mol. The lowest BCUT2D eigenvalue weighted by molar-refractivity contribution is 0.194. The van der Waals surface area contributed by atoms with E-state index >= 15 is 0 Å². The Morgan fingerprint density at radius 3 is 2.57 bits per heavy atom. The van der Waals surface area contributed by atoms with Gasteiger partial charge in [0.25, 0.3) is 0 Å². The van der Waals surface area contributed by atoms with Gasteiger partial charge in [0.2, 0.25) is 0 Å². The van der Waals surface area contributed by atoms with Gasteiger partial charge in [0.15, 0.2) is 5.13 Å². The lowest BCUT2D eigenvalue weighted by atomic mass is 10.1. The summed E-state index contributed by atoms with van der Waals surface area (Å²) in [6, 6.07) is 4.98. The Balaban J connectivity index is 1.77. The van der Waals surface area contributed by atoms with Crippen molar-refractivity contribution in [1.29, 1.82) is 0 Å². The lowest BCUT2D eigenvalue weighted by Gasteiger charge is -2.37. The Morgan fingerprint density at radius 1 is 1.24 bits per heavy atom. The minimum absolute atomic E-state index is 0.343. The molecule has 1 aromatic carbocycles. The molecule has 0 saturated carbocycles. The second-order valence-corrected chi connectivity index (χ2v) is 6.01. The van der Waals surface area contributed by atoms with E-state index in [-0.39, 0.29) is 5.82 Å². The molecule has 0 radical (unpaired) electrons. The van der Waals surface area contributed by atoms with Gasteiger partial charge in [-0.2, -0.15) is 0 Å². The molecule has 0 unspecified atom stereocenters. The summed E-state index contributed by atoms with van der Waals surface area (Å²) in [6.07, 6.45) is 1.00. The third-order valence-corrected chi connectivity index (χ3v) is 4.59. The minimum atomic E-state index is -0.807. The number of benzene rings is 1. The van der Waals surface area contributed by atoms with Crippen molar-refractivity contribution in [2.45, 2.75) is 13.0 Å². The van der Waals surface area contributed by atoms with E-state index in [0.717, 1.165) is 37.0 Å². The average Bonchev–Trinajstić information content (AvgIpc) is 3.01. The fourth-order valence-corrected chi connectivity index (χ4v) is 3.42. The highest BCUT2D eigenvalue weighted by Crippen LogP contribution is 2.30. The molecule has 6 heteroatoms. The van der Waals surface area contributed by atoms with Crippen molar-refractivity contribution in [3.8, 4) is 0 Å². The molecule has 1 fully saturated rings. The van der Waals surface area contributed by atoms with Crippen LogP contribution in [0.2, 0.25) is 0 Å². The third kappa shape index (κ3) is 2.87. The first kappa shape index (κ1) is 14.3. The number of aromatic nitrogens is 1. The number of aliphatic hydroxyl groups excluding tert-OH is 1. The molecular formula is C15H18FN3OS. The van der Waals surface area contributed by atoms with Gasteiger partial charge in [-0.05, 0) is 19.1 Å². The maximum absolute atomic E-state index is 14.0. The van der Waals surface area contributed by atoms with Gasteiger partial charge in [-0.25, -0.2) is 9.37 Å². The van der Waals surface area contributed by atoms with Gasteiger partial charge in [0.05, 0.1) is 6.10 Å². The van der Waals surface area contributed by atoms with Crippen LogP contribution in [0.5, 0.6) is 0 Å². The van der Waals surface area contributed by atoms with E-state index < -0.39 is 6.10 Å². The number of aliphatic hydroxyl groups is 1. The SMILES string of the molecule is C[C@@H](O)c1c(F)cccc1N1CCN(c2nccs2)CC1. The number of rotatable bonds is 3. The second-order valence-electron chi connectivity index (χ2n) is 5.14. The van der Waals surface area contributed by atoms with Crippen LogP contribution in [-0.2, 0) is 0 Å². The molecule has 1 aliphatic rings. The predicted molar refractivity (Wildman–Crippen MR) is 83.6 cm³/mol. The zero-order valence-corrected chi connectivity index (χ0v) is 12.7. The van der Waals surface area contributed by atoms with Gasteiger partial charge >= 0.3 is 0 Å². The summed E-state index contributed by atoms with van der Waals surface area (Å²) in [5.74, 6) is -0.343. The molecule has 2 aromatic rings. The Kier molecular flexibility index (Phi) is 4.07. The molecule has 4 nitrogen and oxygen atoms in total. The second kappa shape index (κ2) is 5.99. The molecule has 21 heavy (non-hydrogen) atoms. The lowest BCUT2D eigenvalue weighted by Crippen LogP contribution is -2.47. The van der Waals surface area contributed by atoms with Gasteiger partial charge in [-0.15, -0.1) is 11.3 Å². The van der Waals surface area contributed by atoms with Crippen LogP contribution in [0.1, 0.15) is 18.6 Å². The summed E-state index contributed by atoms with van der Waals surface area (Å²) in [5, 5.41) is 12.8. The quantitative estimate of drug-likeness (QED) is 0.946. The van der Waals surface area contributed by atoms with Gasteiger partial charge < -0.3 is 14.9 Å². The zero-order chi connectivity index (χ0) is 14.8. The zero-order valence-electron chi connectivity index (χ0n) is 11.9. The van der Waals surface area contributed by atoms with E-state index in [1.54, 1.807) is 24.3 Å². The summed E-state index contributed by atoms with van der Waals surface area (Å²) in [5.41, 5.74) is 1.18. The highest BCUT2D eigenvalue weighted by molar-refractivity contribution is 7.13. The molecule has 0 spiro atoms. The first-order valence-electron chi connectivity index (χ1n) is 7.02. The summed E-state index contributed by atoms with van der Waals surface area (Å²) in [6.45, 7) is 4.89. The molecule has 0 bridgehead atoms. The first-order chi connectivity index (χ1) is 10.2. The fourth-order valence-electron chi connectivity index (χ4n) is 2.73. The van der Waals surface area contributed by atoms with Crippen molar-refractivity contribution in [1.82, 2.24) is 4.98 Å². The number of halogens is 1. The summed E-state index contributed by atoms with van der Waals surface area (Å²) >= 11 is 1.63. The number of hydrogen-bond acceptors (Lipinski definition) is 5. The highest BCUT2D eigenvalue weighted by Gasteiger charge is 2.23. The largest absolute Gasteiger partial charge is 0.389 e. The number of hydrogen-bond donors (Lipinski definition) is 1. The van der Waals surface area contributed by atoms with Gasteiger partial charge in [0.1, 0.15) is 5.82 Å². The van der Waals surface area contributed by atoms with E-state index in [0.29, 0.717) is 5.56 Å². The van der Waals surface area contributed by atoms with Gasteiger partial charge in [-0.1, -0.05) is 6.07 Å². The molecule has 1 atom stereocenters. The van der Waals surface area contributed by atoms with Gasteiger partial charge in [-0.3, -0.25) is 0 Å². The van der Waals surface area contributed by atoms with Crippen molar-refractivity contribution in [2.75, 3.05) is 36.0 Å². The molecule has 1 aliphatic heterocycles. The van der Waals surface area contributed by atoms with Crippen molar-refractivity contribution >= 4 is 22.2 Å². The first-order valence-corrected chi connectivity index (χ1v) is 7.90.